The average molecular weight is 302 g/mol. The summed E-state index contributed by atoms with van der Waals surface area (Å²) in [4.78, 5) is 0. The summed E-state index contributed by atoms with van der Waals surface area (Å²) >= 11 is 6.15. The Kier molecular flexibility index (Phi) is 8.12. The highest BCUT2D eigenvalue weighted by Gasteiger charge is 2.13. The molecule has 0 spiro atoms. The molecule has 0 heterocycles. The molecule has 2 unspecified atom stereocenters. The van der Waals surface area contributed by atoms with E-state index in [2.05, 4.69) is 19.2 Å². The minimum absolute atomic E-state index is 0.232. The maximum Gasteiger partial charge on any atom is 0.123 e. The van der Waals surface area contributed by atoms with Gasteiger partial charge in [0.25, 0.3) is 0 Å². The second-order valence-corrected chi connectivity index (χ2v) is 5.62. The Morgan fingerprint density at radius 3 is 2.75 bits per heavy atom. The molecule has 2 nitrogen and oxygen atoms in total. The van der Waals surface area contributed by atoms with Gasteiger partial charge in [0.1, 0.15) is 5.82 Å². The number of nitrogens with one attached hydrogen (secondary N) is 1. The van der Waals surface area contributed by atoms with Crippen LogP contribution in [-0.4, -0.2) is 25.8 Å². The Morgan fingerprint density at radius 2 is 2.10 bits per heavy atom. The van der Waals surface area contributed by atoms with Crippen molar-refractivity contribution >= 4 is 11.6 Å². The molecule has 0 saturated carbocycles. The van der Waals surface area contributed by atoms with Crippen molar-refractivity contribution in [1.29, 1.82) is 0 Å². The topological polar surface area (TPSA) is 21.3 Å². The Hall–Kier alpha value is -0.640. The summed E-state index contributed by atoms with van der Waals surface area (Å²) in [6.45, 7) is 5.15. The summed E-state index contributed by atoms with van der Waals surface area (Å²) in [5.41, 5.74) is 0.866. The first kappa shape index (κ1) is 17.4. The third kappa shape index (κ3) is 6.21. The van der Waals surface area contributed by atoms with Crippen LogP contribution in [0.5, 0.6) is 0 Å². The van der Waals surface area contributed by atoms with Gasteiger partial charge in [0.05, 0.1) is 6.10 Å². The molecular formula is C16H25ClFNO. The Bertz CT molecular complexity index is 400. The molecular weight excluding hydrogens is 277 g/mol. The molecule has 0 aliphatic rings. The summed E-state index contributed by atoms with van der Waals surface area (Å²) in [6.07, 6.45) is 4.02. The van der Waals surface area contributed by atoms with E-state index >= 15 is 0 Å². The van der Waals surface area contributed by atoms with Crippen molar-refractivity contribution in [1.82, 2.24) is 5.32 Å². The second kappa shape index (κ2) is 9.32. The van der Waals surface area contributed by atoms with Gasteiger partial charge in [0, 0.05) is 18.2 Å². The van der Waals surface area contributed by atoms with Crippen LogP contribution in [0.3, 0.4) is 0 Å². The summed E-state index contributed by atoms with van der Waals surface area (Å²) < 4.78 is 18.6. The smallest absolute Gasteiger partial charge is 0.123 e. The third-order valence-corrected chi connectivity index (χ3v) is 3.85. The van der Waals surface area contributed by atoms with Gasteiger partial charge in [-0.05, 0) is 62.9 Å². The zero-order valence-electron chi connectivity index (χ0n) is 12.6. The molecule has 4 heteroatoms. The van der Waals surface area contributed by atoms with E-state index < -0.39 is 0 Å². The molecule has 2 atom stereocenters. The molecule has 0 radical (unpaired) electrons. The molecule has 20 heavy (non-hydrogen) atoms. The standard InChI is InChI=1S/C16H25ClFNO/c1-4-9-19-15(7-5-12(2)20-3)11-13-10-14(18)6-8-16(13)17/h6,8,10,12,15,19H,4-5,7,9,11H2,1-3H3. The van der Waals surface area contributed by atoms with Gasteiger partial charge in [-0.15, -0.1) is 0 Å². The quantitative estimate of drug-likeness (QED) is 0.738. The van der Waals surface area contributed by atoms with Crippen molar-refractivity contribution < 1.29 is 9.13 Å². The van der Waals surface area contributed by atoms with Gasteiger partial charge in [-0.25, -0.2) is 4.39 Å². The SMILES string of the molecule is CCCNC(CCC(C)OC)Cc1cc(F)ccc1Cl. The van der Waals surface area contributed by atoms with Gasteiger partial charge in [0.15, 0.2) is 0 Å². The lowest BCUT2D eigenvalue weighted by Gasteiger charge is -2.21. The molecule has 1 aromatic carbocycles. The largest absolute Gasteiger partial charge is 0.382 e. The van der Waals surface area contributed by atoms with Crippen LogP contribution in [0.15, 0.2) is 18.2 Å². The van der Waals surface area contributed by atoms with Crippen LogP contribution in [0.1, 0.15) is 38.7 Å². The van der Waals surface area contributed by atoms with Crippen LogP contribution in [0, 0.1) is 5.82 Å². The lowest BCUT2D eigenvalue weighted by atomic mass is 10.00. The maximum atomic E-state index is 13.3. The van der Waals surface area contributed by atoms with E-state index in [4.69, 9.17) is 16.3 Å². The van der Waals surface area contributed by atoms with Crippen LogP contribution in [-0.2, 0) is 11.2 Å². The van der Waals surface area contributed by atoms with Crippen molar-refractivity contribution in [2.45, 2.75) is 51.7 Å². The number of halogens is 2. The molecule has 1 aromatic rings. The molecule has 1 rings (SSSR count). The van der Waals surface area contributed by atoms with E-state index in [1.165, 1.54) is 12.1 Å². The summed E-state index contributed by atoms with van der Waals surface area (Å²) in [7, 11) is 1.72. The van der Waals surface area contributed by atoms with Gasteiger partial charge in [0.2, 0.25) is 0 Å². The van der Waals surface area contributed by atoms with E-state index in [1.807, 2.05) is 0 Å². The lowest BCUT2D eigenvalue weighted by molar-refractivity contribution is 0.106. The molecule has 0 aliphatic carbocycles. The van der Waals surface area contributed by atoms with E-state index in [-0.39, 0.29) is 11.9 Å². The minimum Gasteiger partial charge on any atom is -0.382 e. The molecule has 0 saturated heterocycles. The summed E-state index contributed by atoms with van der Waals surface area (Å²) in [6, 6.07) is 4.85. The normalized spacial score (nSPS) is 14.2. The van der Waals surface area contributed by atoms with Crippen molar-refractivity contribution in [2.75, 3.05) is 13.7 Å². The number of ether oxygens (including phenoxy) is 1. The predicted molar refractivity (Wildman–Crippen MR) is 82.9 cm³/mol. The highest BCUT2D eigenvalue weighted by Crippen LogP contribution is 2.20. The summed E-state index contributed by atoms with van der Waals surface area (Å²) in [5.74, 6) is -0.232. The Morgan fingerprint density at radius 1 is 1.35 bits per heavy atom. The van der Waals surface area contributed by atoms with Crippen molar-refractivity contribution in [3.63, 3.8) is 0 Å². The molecule has 0 aliphatic heterocycles. The third-order valence-electron chi connectivity index (χ3n) is 3.48. The average Bonchev–Trinajstić information content (AvgIpc) is 2.45. The van der Waals surface area contributed by atoms with Crippen molar-refractivity contribution in [3.05, 3.63) is 34.6 Å². The summed E-state index contributed by atoms with van der Waals surface area (Å²) in [5, 5.41) is 4.14. The fraction of sp³-hybridized carbons (Fsp3) is 0.625. The minimum atomic E-state index is -0.232. The molecule has 114 valence electrons. The molecule has 0 amide bonds. The van der Waals surface area contributed by atoms with E-state index in [0.717, 1.165) is 37.8 Å². The number of hydrogen-bond donors (Lipinski definition) is 1. The Balaban J connectivity index is 2.65. The number of rotatable bonds is 9. The number of benzene rings is 1. The lowest BCUT2D eigenvalue weighted by Crippen LogP contribution is -2.32. The Labute approximate surface area is 126 Å². The molecule has 0 fully saturated rings. The fourth-order valence-electron chi connectivity index (χ4n) is 2.14. The van der Waals surface area contributed by atoms with Gasteiger partial charge in [-0.1, -0.05) is 18.5 Å². The van der Waals surface area contributed by atoms with Crippen LogP contribution in [0.2, 0.25) is 5.02 Å². The first-order valence-corrected chi connectivity index (χ1v) is 7.64. The van der Waals surface area contributed by atoms with Gasteiger partial charge >= 0.3 is 0 Å². The highest BCUT2D eigenvalue weighted by molar-refractivity contribution is 6.31. The fourth-order valence-corrected chi connectivity index (χ4v) is 2.34. The highest BCUT2D eigenvalue weighted by atomic mass is 35.5. The van der Waals surface area contributed by atoms with Crippen LogP contribution < -0.4 is 5.32 Å². The van der Waals surface area contributed by atoms with E-state index in [9.17, 15) is 4.39 Å². The number of methoxy groups -OCH3 is 1. The van der Waals surface area contributed by atoms with Crippen LogP contribution in [0.25, 0.3) is 0 Å². The van der Waals surface area contributed by atoms with Crippen LogP contribution in [0.4, 0.5) is 4.39 Å². The monoisotopic (exact) mass is 301 g/mol. The number of hydrogen-bond acceptors (Lipinski definition) is 2. The van der Waals surface area contributed by atoms with Gasteiger partial charge in [-0.2, -0.15) is 0 Å². The zero-order valence-corrected chi connectivity index (χ0v) is 13.3. The first-order chi connectivity index (χ1) is 9.56. The first-order valence-electron chi connectivity index (χ1n) is 7.26. The predicted octanol–water partition coefficient (Wildman–Crippen LogP) is 4.20. The zero-order chi connectivity index (χ0) is 15.0. The van der Waals surface area contributed by atoms with Gasteiger partial charge < -0.3 is 10.1 Å². The van der Waals surface area contributed by atoms with Crippen molar-refractivity contribution in [3.8, 4) is 0 Å². The van der Waals surface area contributed by atoms with Crippen LogP contribution >= 0.6 is 11.6 Å². The maximum absolute atomic E-state index is 13.3. The van der Waals surface area contributed by atoms with E-state index in [1.54, 1.807) is 13.2 Å². The molecule has 0 aromatic heterocycles. The van der Waals surface area contributed by atoms with E-state index in [0.29, 0.717) is 11.1 Å². The molecule has 0 bridgehead atoms. The van der Waals surface area contributed by atoms with Gasteiger partial charge in [-0.3, -0.25) is 0 Å². The van der Waals surface area contributed by atoms with Crippen molar-refractivity contribution in [2.24, 2.45) is 0 Å². The second-order valence-electron chi connectivity index (χ2n) is 5.21. The molecule has 1 N–H and O–H groups in total.